The van der Waals surface area contributed by atoms with Crippen molar-refractivity contribution >= 4 is 11.9 Å². The third-order valence-corrected chi connectivity index (χ3v) is 5.82. The first-order chi connectivity index (χ1) is 13.4. The van der Waals surface area contributed by atoms with Gasteiger partial charge in [0.25, 0.3) is 5.91 Å². The number of anilines is 1. The molecular weight excluding hydrogens is 352 g/mol. The lowest BCUT2D eigenvalue weighted by molar-refractivity contribution is 0.0415. The molecule has 0 aliphatic carbocycles. The third kappa shape index (κ3) is 3.74. The van der Waals surface area contributed by atoms with Gasteiger partial charge in [0, 0.05) is 25.3 Å². The number of amides is 1. The summed E-state index contributed by atoms with van der Waals surface area (Å²) in [6.45, 7) is 6.61. The number of benzene rings is 1. The summed E-state index contributed by atoms with van der Waals surface area (Å²) < 4.78 is 0. The Bertz CT molecular complexity index is 861. The van der Waals surface area contributed by atoms with Crippen LogP contribution in [0.25, 0.3) is 0 Å². The largest absolute Gasteiger partial charge is 0.383 e. The number of aryl methyl sites for hydroxylation is 2. The van der Waals surface area contributed by atoms with Gasteiger partial charge in [0.05, 0.1) is 6.54 Å². The third-order valence-electron chi connectivity index (χ3n) is 5.82. The quantitative estimate of drug-likeness (QED) is 0.887. The van der Waals surface area contributed by atoms with Gasteiger partial charge in [-0.05, 0) is 51.2 Å². The molecule has 0 bridgehead atoms. The van der Waals surface area contributed by atoms with E-state index in [9.17, 15) is 9.90 Å². The van der Waals surface area contributed by atoms with Crippen LogP contribution < -0.4 is 4.90 Å². The first kappa shape index (κ1) is 18.9. The normalized spacial score (nSPS) is 22.5. The standard InChI is InChI=1S/C22H28N4O2/c1-16-6-8-18(9-7-16)22(28)10-13-26(15-22)20(27)19-14-17(2)23-21(24-19)25-11-4-3-5-12-25/h6-9,14,28H,3-5,10-13,15H2,1-2H3/t22-/m1/s1. The van der Waals surface area contributed by atoms with Crippen LogP contribution >= 0.6 is 0 Å². The maximum Gasteiger partial charge on any atom is 0.272 e. The summed E-state index contributed by atoms with van der Waals surface area (Å²) >= 11 is 0. The second kappa shape index (κ2) is 7.51. The van der Waals surface area contributed by atoms with Gasteiger partial charge < -0.3 is 14.9 Å². The van der Waals surface area contributed by atoms with E-state index in [-0.39, 0.29) is 12.5 Å². The Morgan fingerprint density at radius 1 is 1.04 bits per heavy atom. The maximum absolute atomic E-state index is 13.1. The molecule has 0 spiro atoms. The first-order valence-corrected chi connectivity index (χ1v) is 10.1. The molecule has 2 fully saturated rings. The predicted octanol–water partition coefficient (Wildman–Crippen LogP) is 2.82. The molecule has 6 heteroatoms. The van der Waals surface area contributed by atoms with E-state index >= 15 is 0 Å². The van der Waals surface area contributed by atoms with Gasteiger partial charge >= 0.3 is 0 Å². The number of β-amino-alcohol motifs (C(OH)–C–C–N with tert-alkyl or cyclic N) is 1. The lowest BCUT2D eigenvalue weighted by Crippen LogP contribution is -2.36. The number of nitrogens with zero attached hydrogens (tertiary/aromatic N) is 4. The molecule has 1 amide bonds. The summed E-state index contributed by atoms with van der Waals surface area (Å²) in [6.07, 6.45) is 4.04. The van der Waals surface area contributed by atoms with Crippen LogP contribution in [0.15, 0.2) is 30.3 Å². The lowest BCUT2D eigenvalue weighted by Gasteiger charge is -2.27. The van der Waals surface area contributed by atoms with E-state index in [1.165, 1.54) is 6.42 Å². The summed E-state index contributed by atoms with van der Waals surface area (Å²) in [4.78, 5) is 26.1. The highest BCUT2D eigenvalue weighted by Gasteiger charge is 2.40. The van der Waals surface area contributed by atoms with Crippen molar-refractivity contribution in [1.29, 1.82) is 0 Å². The van der Waals surface area contributed by atoms with Crippen molar-refractivity contribution in [2.24, 2.45) is 0 Å². The zero-order chi connectivity index (χ0) is 19.7. The SMILES string of the molecule is Cc1ccc([C@@]2(O)CCN(C(=O)c3cc(C)nc(N4CCCCC4)n3)C2)cc1. The molecule has 1 aromatic carbocycles. The topological polar surface area (TPSA) is 69.6 Å². The summed E-state index contributed by atoms with van der Waals surface area (Å²) in [7, 11) is 0. The number of aliphatic hydroxyl groups is 1. The Labute approximate surface area is 166 Å². The van der Waals surface area contributed by atoms with Crippen LogP contribution in [-0.2, 0) is 5.60 Å². The van der Waals surface area contributed by atoms with Crippen LogP contribution in [0, 0.1) is 13.8 Å². The number of aromatic nitrogens is 2. The fourth-order valence-electron chi connectivity index (χ4n) is 4.13. The van der Waals surface area contributed by atoms with Crippen molar-refractivity contribution in [2.75, 3.05) is 31.1 Å². The van der Waals surface area contributed by atoms with Gasteiger partial charge in [-0.3, -0.25) is 4.79 Å². The molecule has 0 saturated carbocycles. The van der Waals surface area contributed by atoms with E-state index in [4.69, 9.17) is 0 Å². The monoisotopic (exact) mass is 380 g/mol. The van der Waals surface area contributed by atoms with Crippen molar-refractivity contribution in [2.45, 2.75) is 45.1 Å². The van der Waals surface area contributed by atoms with Crippen molar-refractivity contribution in [3.05, 3.63) is 52.8 Å². The molecule has 1 N–H and O–H groups in total. The van der Waals surface area contributed by atoms with Crippen molar-refractivity contribution in [1.82, 2.24) is 14.9 Å². The fraction of sp³-hybridized carbons (Fsp3) is 0.500. The number of carbonyl (C=O) groups excluding carboxylic acids is 1. The van der Waals surface area contributed by atoms with E-state index in [2.05, 4.69) is 14.9 Å². The van der Waals surface area contributed by atoms with Gasteiger partial charge in [-0.15, -0.1) is 0 Å². The maximum atomic E-state index is 13.1. The minimum absolute atomic E-state index is 0.133. The number of carbonyl (C=O) groups is 1. The van der Waals surface area contributed by atoms with E-state index in [1.54, 1.807) is 11.0 Å². The molecule has 0 unspecified atom stereocenters. The molecule has 3 heterocycles. The number of piperidine rings is 1. The number of likely N-dealkylation sites (tertiary alicyclic amines) is 1. The summed E-state index contributed by atoms with van der Waals surface area (Å²) in [6, 6.07) is 9.64. The molecule has 1 aromatic heterocycles. The van der Waals surface area contributed by atoms with E-state index in [1.807, 2.05) is 38.1 Å². The van der Waals surface area contributed by atoms with Gasteiger partial charge in [-0.2, -0.15) is 0 Å². The van der Waals surface area contributed by atoms with Crippen LogP contribution in [0.5, 0.6) is 0 Å². The van der Waals surface area contributed by atoms with Gasteiger partial charge in [0.1, 0.15) is 11.3 Å². The van der Waals surface area contributed by atoms with Crippen LogP contribution in [0.2, 0.25) is 0 Å². The first-order valence-electron chi connectivity index (χ1n) is 10.1. The van der Waals surface area contributed by atoms with E-state index in [0.29, 0.717) is 24.6 Å². The summed E-state index contributed by atoms with van der Waals surface area (Å²) in [5.41, 5.74) is 2.23. The van der Waals surface area contributed by atoms with Crippen LogP contribution in [0.1, 0.15) is 53.0 Å². The fourth-order valence-corrected chi connectivity index (χ4v) is 4.13. The van der Waals surface area contributed by atoms with Gasteiger partial charge in [-0.25, -0.2) is 9.97 Å². The minimum atomic E-state index is -0.999. The summed E-state index contributed by atoms with van der Waals surface area (Å²) in [5, 5.41) is 11.1. The molecular formula is C22H28N4O2. The molecule has 2 aromatic rings. The van der Waals surface area contributed by atoms with E-state index in [0.717, 1.165) is 42.8 Å². The van der Waals surface area contributed by atoms with Crippen molar-refractivity contribution in [3.63, 3.8) is 0 Å². The predicted molar refractivity (Wildman–Crippen MR) is 108 cm³/mol. The Balaban J connectivity index is 1.53. The van der Waals surface area contributed by atoms with Crippen molar-refractivity contribution < 1.29 is 9.90 Å². The number of rotatable bonds is 3. The highest BCUT2D eigenvalue weighted by molar-refractivity contribution is 5.93. The highest BCUT2D eigenvalue weighted by atomic mass is 16.3. The molecule has 28 heavy (non-hydrogen) atoms. The highest BCUT2D eigenvalue weighted by Crippen LogP contribution is 2.33. The average Bonchev–Trinajstić information content (AvgIpc) is 3.11. The number of hydrogen-bond donors (Lipinski definition) is 1. The second-order valence-corrected chi connectivity index (χ2v) is 8.12. The molecule has 6 nitrogen and oxygen atoms in total. The van der Waals surface area contributed by atoms with Gasteiger partial charge in [0.2, 0.25) is 5.95 Å². The summed E-state index contributed by atoms with van der Waals surface area (Å²) in [5.74, 6) is 0.517. The average molecular weight is 380 g/mol. The minimum Gasteiger partial charge on any atom is -0.383 e. The molecule has 2 saturated heterocycles. The Hall–Kier alpha value is -2.47. The molecule has 1 atom stereocenters. The Kier molecular flexibility index (Phi) is 5.06. The van der Waals surface area contributed by atoms with E-state index < -0.39 is 5.60 Å². The zero-order valence-electron chi connectivity index (χ0n) is 16.7. The van der Waals surface area contributed by atoms with Crippen molar-refractivity contribution in [3.8, 4) is 0 Å². The van der Waals surface area contributed by atoms with Gasteiger partial charge in [-0.1, -0.05) is 29.8 Å². The Morgan fingerprint density at radius 3 is 2.46 bits per heavy atom. The Morgan fingerprint density at radius 2 is 1.75 bits per heavy atom. The van der Waals surface area contributed by atoms with Crippen LogP contribution in [0.4, 0.5) is 5.95 Å². The lowest BCUT2D eigenvalue weighted by atomic mass is 9.92. The second-order valence-electron chi connectivity index (χ2n) is 8.12. The molecule has 0 radical (unpaired) electrons. The molecule has 2 aliphatic heterocycles. The molecule has 4 rings (SSSR count). The molecule has 148 valence electrons. The van der Waals surface area contributed by atoms with Crippen LogP contribution in [0.3, 0.4) is 0 Å². The number of hydrogen-bond acceptors (Lipinski definition) is 5. The molecule has 2 aliphatic rings. The van der Waals surface area contributed by atoms with Gasteiger partial charge in [0.15, 0.2) is 0 Å². The van der Waals surface area contributed by atoms with Crippen LogP contribution in [-0.4, -0.2) is 52.1 Å². The smallest absolute Gasteiger partial charge is 0.272 e. The zero-order valence-corrected chi connectivity index (χ0v) is 16.7.